The van der Waals surface area contributed by atoms with E-state index in [4.69, 9.17) is 0 Å². The average molecular weight is 169 g/mol. The minimum atomic E-state index is 0.726. The molecule has 1 heteroatoms. The van der Waals surface area contributed by atoms with Gasteiger partial charge in [-0.15, -0.1) is 0 Å². The summed E-state index contributed by atoms with van der Waals surface area (Å²) in [4.78, 5) is 2.32. The molecule has 0 aromatic heterocycles. The molecular weight excluding hydrogens is 146 g/mol. The monoisotopic (exact) mass is 169 g/mol. The highest BCUT2D eigenvalue weighted by Gasteiger charge is 2.31. The smallest absolute Gasteiger partial charge is 0.00195 e. The van der Waals surface area contributed by atoms with Gasteiger partial charge in [-0.3, -0.25) is 0 Å². The maximum absolute atomic E-state index is 2.36. The Kier molecular flexibility index (Phi) is 3.57. The summed E-state index contributed by atoms with van der Waals surface area (Å²) in [6.45, 7) is 3.63. The molecule has 1 fully saturated rings. The van der Waals surface area contributed by atoms with E-state index in [2.05, 4.69) is 25.9 Å². The van der Waals surface area contributed by atoms with E-state index in [0.29, 0.717) is 0 Å². The molecule has 0 atom stereocenters. The minimum absolute atomic E-state index is 0.726. The molecule has 0 amide bonds. The molecule has 0 spiro atoms. The van der Waals surface area contributed by atoms with Gasteiger partial charge in [0.15, 0.2) is 0 Å². The lowest BCUT2D eigenvalue weighted by Gasteiger charge is -2.28. The molecule has 1 saturated carbocycles. The first kappa shape index (κ1) is 10.0. The first-order chi connectivity index (χ1) is 5.68. The first-order valence-electron chi connectivity index (χ1n) is 5.33. The van der Waals surface area contributed by atoms with Crippen molar-refractivity contribution in [1.82, 2.24) is 4.90 Å². The van der Waals surface area contributed by atoms with Crippen molar-refractivity contribution in [1.29, 1.82) is 0 Å². The fourth-order valence-corrected chi connectivity index (χ4v) is 2.37. The standard InChI is InChI=1S/C11H23N/c1-4-11(7-5-6-8-11)9-10-12(2)3/h4-10H2,1-3H3. The van der Waals surface area contributed by atoms with Crippen LogP contribution in [0.5, 0.6) is 0 Å². The van der Waals surface area contributed by atoms with Crippen molar-refractivity contribution in [2.45, 2.75) is 45.4 Å². The van der Waals surface area contributed by atoms with Gasteiger partial charge >= 0.3 is 0 Å². The van der Waals surface area contributed by atoms with E-state index in [9.17, 15) is 0 Å². The zero-order valence-corrected chi connectivity index (χ0v) is 8.90. The molecule has 0 heterocycles. The highest BCUT2D eigenvalue weighted by molar-refractivity contribution is 4.83. The molecule has 0 aliphatic heterocycles. The van der Waals surface area contributed by atoms with E-state index in [1.807, 2.05) is 0 Å². The van der Waals surface area contributed by atoms with Crippen molar-refractivity contribution in [2.75, 3.05) is 20.6 Å². The van der Waals surface area contributed by atoms with Gasteiger partial charge in [0.05, 0.1) is 0 Å². The Morgan fingerprint density at radius 3 is 2.17 bits per heavy atom. The number of hydrogen-bond donors (Lipinski definition) is 0. The van der Waals surface area contributed by atoms with E-state index in [1.165, 1.54) is 45.1 Å². The zero-order valence-electron chi connectivity index (χ0n) is 8.90. The fourth-order valence-electron chi connectivity index (χ4n) is 2.37. The van der Waals surface area contributed by atoms with Crippen LogP contribution in [0.15, 0.2) is 0 Å². The second-order valence-corrected chi connectivity index (χ2v) is 4.61. The molecule has 12 heavy (non-hydrogen) atoms. The van der Waals surface area contributed by atoms with Gasteiger partial charge in [-0.1, -0.05) is 26.2 Å². The Morgan fingerprint density at radius 1 is 1.17 bits per heavy atom. The van der Waals surface area contributed by atoms with Crippen molar-refractivity contribution < 1.29 is 0 Å². The van der Waals surface area contributed by atoms with Crippen LogP contribution in [0.2, 0.25) is 0 Å². The van der Waals surface area contributed by atoms with Crippen LogP contribution in [-0.4, -0.2) is 25.5 Å². The summed E-state index contributed by atoms with van der Waals surface area (Å²) in [5.41, 5.74) is 0.726. The lowest BCUT2D eigenvalue weighted by molar-refractivity contribution is 0.223. The quantitative estimate of drug-likeness (QED) is 0.625. The largest absolute Gasteiger partial charge is 0.309 e. The number of hydrogen-bond acceptors (Lipinski definition) is 1. The maximum Gasteiger partial charge on any atom is -0.00195 e. The second-order valence-electron chi connectivity index (χ2n) is 4.61. The van der Waals surface area contributed by atoms with Crippen molar-refractivity contribution in [3.8, 4) is 0 Å². The minimum Gasteiger partial charge on any atom is -0.309 e. The van der Waals surface area contributed by atoms with Crippen LogP contribution in [-0.2, 0) is 0 Å². The van der Waals surface area contributed by atoms with Crippen LogP contribution in [0.1, 0.15) is 45.4 Å². The van der Waals surface area contributed by atoms with Gasteiger partial charge in [0.2, 0.25) is 0 Å². The molecule has 0 bridgehead atoms. The highest BCUT2D eigenvalue weighted by atomic mass is 15.0. The summed E-state index contributed by atoms with van der Waals surface area (Å²) < 4.78 is 0. The Morgan fingerprint density at radius 2 is 1.75 bits per heavy atom. The van der Waals surface area contributed by atoms with Crippen LogP contribution in [0, 0.1) is 5.41 Å². The summed E-state index contributed by atoms with van der Waals surface area (Å²) in [6.07, 6.45) is 8.72. The molecule has 0 saturated heterocycles. The highest BCUT2D eigenvalue weighted by Crippen LogP contribution is 2.43. The summed E-state index contributed by atoms with van der Waals surface area (Å²) in [7, 11) is 4.36. The lowest BCUT2D eigenvalue weighted by Crippen LogP contribution is -2.23. The van der Waals surface area contributed by atoms with Crippen molar-refractivity contribution in [3.05, 3.63) is 0 Å². The van der Waals surface area contributed by atoms with Gasteiger partial charge in [0.1, 0.15) is 0 Å². The van der Waals surface area contributed by atoms with Crippen LogP contribution in [0.25, 0.3) is 0 Å². The first-order valence-corrected chi connectivity index (χ1v) is 5.33. The van der Waals surface area contributed by atoms with E-state index < -0.39 is 0 Å². The van der Waals surface area contributed by atoms with Crippen molar-refractivity contribution >= 4 is 0 Å². The third kappa shape index (κ3) is 2.48. The number of nitrogens with zero attached hydrogens (tertiary/aromatic N) is 1. The number of rotatable bonds is 4. The Bertz CT molecular complexity index is 123. The Labute approximate surface area is 77.1 Å². The Hall–Kier alpha value is -0.0400. The SMILES string of the molecule is CCC1(CCN(C)C)CCCC1. The molecule has 72 valence electrons. The van der Waals surface area contributed by atoms with Gasteiger partial charge in [-0.2, -0.15) is 0 Å². The molecular formula is C11H23N. The van der Waals surface area contributed by atoms with E-state index in [1.54, 1.807) is 0 Å². The topological polar surface area (TPSA) is 3.24 Å². The van der Waals surface area contributed by atoms with Crippen LogP contribution in [0.4, 0.5) is 0 Å². The van der Waals surface area contributed by atoms with Gasteiger partial charge in [-0.25, -0.2) is 0 Å². The van der Waals surface area contributed by atoms with Crippen LogP contribution in [0.3, 0.4) is 0 Å². The predicted octanol–water partition coefficient (Wildman–Crippen LogP) is 2.91. The van der Waals surface area contributed by atoms with E-state index in [0.717, 1.165) is 5.41 Å². The Balaban J connectivity index is 2.34. The second kappa shape index (κ2) is 4.27. The third-order valence-corrected chi connectivity index (χ3v) is 3.50. The molecule has 0 aromatic rings. The molecule has 1 aliphatic carbocycles. The van der Waals surface area contributed by atoms with Crippen molar-refractivity contribution in [2.24, 2.45) is 5.41 Å². The predicted molar refractivity (Wildman–Crippen MR) is 54.4 cm³/mol. The lowest BCUT2D eigenvalue weighted by atomic mass is 9.80. The fraction of sp³-hybridized carbons (Fsp3) is 1.00. The van der Waals surface area contributed by atoms with Gasteiger partial charge in [-0.05, 0) is 45.3 Å². The molecule has 0 N–H and O–H groups in total. The molecule has 0 unspecified atom stereocenters. The van der Waals surface area contributed by atoms with Crippen LogP contribution >= 0.6 is 0 Å². The van der Waals surface area contributed by atoms with E-state index >= 15 is 0 Å². The van der Waals surface area contributed by atoms with Crippen molar-refractivity contribution in [3.63, 3.8) is 0 Å². The molecule has 1 nitrogen and oxygen atoms in total. The van der Waals surface area contributed by atoms with Gasteiger partial charge < -0.3 is 4.90 Å². The average Bonchev–Trinajstić information content (AvgIpc) is 2.50. The summed E-state index contributed by atoms with van der Waals surface area (Å²) in [5, 5.41) is 0. The summed E-state index contributed by atoms with van der Waals surface area (Å²) >= 11 is 0. The van der Waals surface area contributed by atoms with Gasteiger partial charge in [0, 0.05) is 0 Å². The summed E-state index contributed by atoms with van der Waals surface area (Å²) in [5.74, 6) is 0. The molecule has 1 aliphatic rings. The maximum atomic E-state index is 2.36. The normalized spacial score (nSPS) is 22.0. The molecule has 1 rings (SSSR count). The van der Waals surface area contributed by atoms with Gasteiger partial charge in [0.25, 0.3) is 0 Å². The molecule has 0 radical (unpaired) electrons. The summed E-state index contributed by atoms with van der Waals surface area (Å²) in [6, 6.07) is 0. The zero-order chi connectivity index (χ0) is 9.03. The third-order valence-electron chi connectivity index (χ3n) is 3.50. The molecule has 0 aromatic carbocycles. The van der Waals surface area contributed by atoms with Crippen LogP contribution < -0.4 is 0 Å². The van der Waals surface area contributed by atoms with E-state index in [-0.39, 0.29) is 0 Å².